The monoisotopic (exact) mass is 300 g/mol. The molecule has 0 saturated heterocycles. The minimum absolute atomic E-state index is 0.0222. The van der Waals surface area contributed by atoms with E-state index in [1.165, 1.54) is 4.90 Å². The molecule has 1 rings (SSSR count). The molecule has 0 fully saturated rings. The summed E-state index contributed by atoms with van der Waals surface area (Å²) in [6.45, 7) is 1.90. The standard InChI is InChI=1S/C12H17BrN2O2/c1-8(14)10-6-9(13)4-5-11(10)17-7-12(16)15(2)3/h4-6,8H,7,14H2,1-3H3/t8-/m0/s1. The van der Waals surface area contributed by atoms with Crippen LogP contribution in [0.4, 0.5) is 0 Å². The topological polar surface area (TPSA) is 55.6 Å². The van der Waals surface area contributed by atoms with Crippen LogP contribution in [0.15, 0.2) is 22.7 Å². The van der Waals surface area contributed by atoms with Crippen LogP contribution in [0.25, 0.3) is 0 Å². The third kappa shape index (κ3) is 4.02. The Morgan fingerprint density at radius 2 is 2.18 bits per heavy atom. The first-order valence-electron chi connectivity index (χ1n) is 5.29. The van der Waals surface area contributed by atoms with Gasteiger partial charge < -0.3 is 15.4 Å². The van der Waals surface area contributed by atoms with Gasteiger partial charge in [0.1, 0.15) is 5.75 Å². The van der Waals surface area contributed by atoms with Gasteiger partial charge in [-0.15, -0.1) is 0 Å². The van der Waals surface area contributed by atoms with Crippen molar-refractivity contribution in [3.05, 3.63) is 28.2 Å². The maximum atomic E-state index is 11.4. The first kappa shape index (κ1) is 14.0. The van der Waals surface area contributed by atoms with E-state index in [2.05, 4.69) is 15.9 Å². The molecule has 0 aliphatic heterocycles. The Morgan fingerprint density at radius 3 is 2.71 bits per heavy atom. The highest BCUT2D eigenvalue weighted by Crippen LogP contribution is 2.27. The van der Waals surface area contributed by atoms with Crippen LogP contribution in [0, 0.1) is 0 Å². The van der Waals surface area contributed by atoms with Crippen molar-refractivity contribution in [1.82, 2.24) is 4.90 Å². The van der Waals surface area contributed by atoms with Crippen LogP contribution < -0.4 is 10.5 Å². The molecule has 0 bridgehead atoms. The van der Waals surface area contributed by atoms with E-state index in [9.17, 15) is 4.79 Å². The lowest BCUT2D eigenvalue weighted by atomic mass is 10.1. The zero-order chi connectivity index (χ0) is 13.0. The van der Waals surface area contributed by atoms with E-state index in [4.69, 9.17) is 10.5 Å². The van der Waals surface area contributed by atoms with E-state index in [0.717, 1.165) is 10.0 Å². The Morgan fingerprint density at radius 1 is 1.53 bits per heavy atom. The second-order valence-electron chi connectivity index (χ2n) is 4.05. The van der Waals surface area contributed by atoms with E-state index in [-0.39, 0.29) is 18.6 Å². The fourth-order valence-electron chi connectivity index (χ4n) is 1.28. The van der Waals surface area contributed by atoms with Gasteiger partial charge in [0, 0.05) is 30.2 Å². The van der Waals surface area contributed by atoms with Crippen LogP contribution in [0.2, 0.25) is 0 Å². The zero-order valence-electron chi connectivity index (χ0n) is 10.2. The molecule has 1 atom stereocenters. The third-order valence-corrected chi connectivity index (χ3v) is 2.81. The second-order valence-corrected chi connectivity index (χ2v) is 4.96. The molecule has 1 aromatic carbocycles. The van der Waals surface area contributed by atoms with Crippen molar-refractivity contribution in [3.8, 4) is 5.75 Å². The van der Waals surface area contributed by atoms with Gasteiger partial charge in [0.15, 0.2) is 6.61 Å². The van der Waals surface area contributed by atoms with E-state index in [1.807, 2.05) is 25.1 Å². The smallest absolute Gasteiger partial charge is 0.259 e. The van der Waals surface area contributed by atoms with E-state index in [0.29, 0.717) is 5.75 Å². The van der Waals surface area contributed by atoms with Crippen LogP contribution in [-0.4, -0.2) is 31.5 Å². The average Bonchev–Trinajstić information content (AvgIpc) is 2.26. The van der Waals surface area contributed by atoms with Gasteiger partial charge in [0.05, 0.1) is 0 Å². The number of hydrogen-bond donors (Lipinski definition) is 1. The van der Waals surface area contributed by atoms with Gasteiger partial charge in [-0.25, -0.2) is 0 Å². The fourth-order valence-corrected chi connectivity index (χ4v) is 1.65. The van der Waals surface area contributed by atoms with Crippen LogP contribution in [0.5, 0.6) is 5.75 Å². The highest BCUT2D eigenvalue weighted by atomic mass is 79.9. The molecule has 1 aromatic rings. The van der Waals surface area contributed by atoms with Gasteiger partial charge in [-0.3, -0.25) is 4.79 Å². The summed E-state index contributed by atoms with van der Waals surface area (Å²) >= 11 is 3.38. The lowest BCUT2D eigenvalue weighted by Crippen LogP contribution is -2.27. The van der Waals surface area contributed by atoms with E-state index >= 15 is 0 Å². The Labute approximate surface area is 110 Å². The Kier molecular flexibility index (Phi) is 4.96. The first-order valence-corrected chi connectivity index (χ1v) is 6.09. The van der Waals surface area contributed by atoms with Crippen molar-refractivity contribution < 1.29 is 9.53 Å². The van der Waals surface area contributed by atoms with Crippen molar-refractivity contribution in [3.63, 3.8) is 0 Å². The van der Waals surface area contributed by atoms with Crippen LogP contribution in [0.1, 0.15) is 18.5 Å². The maximum Gasteiger partial charge on any atom is 0.259 e. The molecule has 0 spiro atoms. The number of carbonyl (C=O) groups excluding carboxylic acids is 1. The predicted octanol–water partition coefficient (Wildman–Crippen LogP) is 1.94. The first-order chi connectivity index (χ1) is 7.91. The molecule has 0 aromatic heterocycles. The Bertz CT molecular complexity index is 405. The van der Waals surface area contributed by atoms with Crippen LogP contribution in [-0.2, 0) is 4.79 Å². The largest absolute Gasteiger partial charge is 0.483 e. The number of ether oxygens (including phenoxy) is 1. The summed E-state index contributed by atoms with van der Waals surface area (Å²) < 4.78 is 6.43. The van der Waals surface area contributed by atoms with Gasteiger partial charge in [0.25, 0.3) is 5.91 Å². The third-order valence-electron chi connectivity index (χ3n) is 2.31. The number of hydrogen-bond acceptors (Lipinski definition) is 3. The van der Waals surface area contributed by atoms with Crippen LogP contribution in [0.3, 0.4) is 0 Å². The summed E-state index contributed by atoms with van der Waals surface area (Å²) in [5.41, 5.74) is 6.73. The van der Waals surface area contributed by atoms with Crippen molar-refractivity contribution >= 4 is 21.8 Å². The highest BCUT2D eigenvalue weighted by molar-refractivity contribution is 9.10. The number of amides is 1. The van der Waals surface area contributed by atoms with Crippen molar-refractivity contribution in [2.75, 3.05) is 20.7 Å². The minimum Gasteiger partial charge on any atom is -0.483 e. The molecule has 5 heteroatoms. The average molecular weight is 301 g/mol. The summed E-state index contributed by atoms with van der Waals surface area (Å²) in [7, 11) is 3.39. The summed E-state index contributed by atoms with van der Waals surface area (Å²) in [6, 6.07) is 5.43. The van der Waals surface area contributed by atoms with Gasteiger partial charge in [-0.05, 0) is 25.1 Å². The van der Waals surface area contributed by atoms with Gasteiger partial charge >= 0.3 is 0 Å². The molecule has 0 heterocycles. The molecular weight excluding hydrogens is 284 g/mol. The van der Waals surface area contributed by atoms with Crippen LogP contribution >= 0.6 is 15.9 Å². The Balaban J connectivity index is 2.80. The van der Waals surface area contributed by atoms with E-state index in [1.54, 1.807) is 14.1 Å². The molecule has 4 nitrogen and oxygen atoms in total. The quantitative estimate of drug-likeness (QED) is 0.924. The van der Waals surface area contributed by atoms with Gasteiger partial charge in [-0.2, -0.15) is 0 Å². The highest BCUT2D eigenvalue weighted by Gasteiger charge is 2.11. The van der Waals surface area contributed by atoms with Crippen molar-refractivity contribution in [2.45, 2.75) is 13.0 Å². The normalized spacial score (nSPS) is 12.1. The number of rotatable bonds is 4. The number of halogens is 1. The van der Waals surface area contributed by atoms with Crippen molar-refractivity contribution in [2.24, 2.45) is 5.73 Å². The van der Waals surface area contributed by atoms with Crippen molar-refractivity contribution in [1.29, 1.82) is 0 Å². The molecule has 17 heavy (non-hydrogen) atoms. The summed E-state index contributed by atoms with van der Waals surface area (Å²) in [5.74, 6) is 0.571. The molecule has 0 radical (unpaired) electrons. The molecule has 1 amide bonds. The number of likely N-dealkylation sites (N-methyl/N-ethyl adjacent to an activating group) is 1. The number of nitrogens with zero attached hydrogens (tertiary/aromatic N) is 1. The number of benzene rings is 1. The Hall–Kier alpha value is -1.07. The minimum atomic E-state index is -0.142. The molecule has 0 unspecified atom stereocenters. The second kappa shape index (κ2) is 6.02. The lowest BCUT2D eigenvalue weighted by Gasteiger charge is -2.16. The predicted molar refractivity (Wildman–Crippen MR) is 70.9 cm³/mol. The molecule has 0 aliphatic carbocycles. The maximum absolute atomic E-state index is 11.4. The van der Waals surface area contributed by atoms with E-state index < -0.39 is 0 Å². The molecular formula is C12H17BrN2O2. The fraction of sp³-hybridized carbons (Fsp3) is 0.417. The molecule has 2 N–H and O–H groups in total. The molecule has 0 aliphatic rings. The number of nitrogens with two attached hydrogens (primary N) is 1. The summed E-state index contributed by atoms with van der Waals surface area (Å²) in [4.78, 5) is 12.9. The van der Waals surface area contributed by atoms with Gasteiger partial charge in [0.2, 0.25) is 0 Å². The summed E-state index contributed by atoms with van der Waals surface area (Å²) in [5, 5.41) is 0. The van der Waals surface area contributed by atoms with Gasteiger partial charge in [-0.1, -0.05) is 15.9 Å². The SMILES string of the molecule is C[C@H](N)c1cc(Br)ccc1OCC(=O)N(C)C. The molecule has 94 valence electrons. The molecule has 0 saturated carbocycles. The summed E-state index contributed by atoms with van der Waals surface area (Å²) in [6.07, 6.45) is 0. The zero-order valence-corrected chi connectivity index (χ0v) is 11.8. The number of carbonyl (C=O) groups is 1. The lowest BCUT2D eigenvalue weighted by molar-refractivity contribution is -0.130.